The van der Waals surface area contributed by atoms with Crippen LogP contribution in [0.1, 0.15) is 53.9 Å². The van der Waals surface area contributed by atoms with Crippen LogP contribution in [-0.4, -0.2) is 60.4 Å². The highest BCUT2D eigenvalue weighted by Crippen LogP contribution is 2.20. The molecule has 1 atom stereocenters. The molecular formula is C18H30O9Si2. The fourth-order valence-electron chi connectivity index (χ4n) is 1.67. The van der Waals surface area contributed by atoms with Gasteiger partial charge in [-0.15, -0.1) is 0 Å². The first-order valence-corrected chi connectivity index (χ1v) is 13.2. The molecule has 29 heavy (non-hydrogen) atoms. The van der Waals surface area contributed by atoms with Crippen molar-refractivity contribution in [3.05, 3.63) is 12.2 Å². The van der Waals surface area contributed by atoms with E-state index in [1.54, 1.807) is 20.8 Å². The average molecular weight is 447 g/mol. The van der Waals surface area contributed by atoms with Gasteiger partial charge in [-0.3, -0.25) is 14.4 Å². The Labute approximate surface area is 174 Å². The summed E-state index contributed by atoms with van der Waals surface area (Å²) in [5.41, 5.74) is -0.593. The topological polar surface area (TPSA) is 114 Å². The summed E-state index contributed by atoms with van der Waals surface area (Å²) in [7, 11) is -3.62. The third-order valence-electron chi connectivity index (χ3n) is 3.15. The molecule has 0 radical (unpaired) electrons. The maximum absolute atomic E-state index is 12.4. The van der Waals surface area contributed by atoms with Gasteiger partial charge in [-0.25, -0.2) is 4.79 Å². The molecule has 0 rings (SSSR count). The van der Waals surface area contributed by atoms with Crippen LogP contribution >= 0.6 is 0 Å². The molecule has 0 bridgehead atoms. The lowest BCUT2D eigenvalue weighted by atomic mass is 9.98. The van der Waals surface area contributed by atoms with Crippen LogP contribution in [0.25, 0.3) is 0 Å². The van der Waals surface area contributed by atoms with Crippen LogP contribution in [0, 0.1) is 5.41 Å². The van der Waals surface area contributed by atoms with Gasteiger partial charge in [-0.05, 0) is 40.5 Å². The molecule has 0 aromatic rings. The molecule has 0 spiro atoms. The van der Waals surface area contributed by atoms with Gasteiger partial charge in [0.2, 0.25) is 0 Å². The van der Waals surface area contributed by atoms with Gasteiger partial charge in [0.05, 0.1) is 25.0 Å². The lowest BCUT2D eigenvalue weighted by Gasteiger charge is -2.28. The summed E-state index contributed by atoms with van der Waals surface area (Å²) < 4.78 is 25.9. The Morgan fingerprint density at radius 3 is 2.14 bits per heavy atom. The van der Waals surface area contributed by atoms with Crippen molar-refractivity contribution < 1.29 is 41.9 Å². The van der Waals surface area contributed by atoms with E-state index in [1.807, 2.05) is 0 Å². The smallest absolute Gasteiger partial charge is 0.510 e. The molecule has 0 aliphatic rings. The predicted molar refractivity (Wildman–Crippen MR) is 109 cm³/mol. The lowest BCUT2D eigenvalue weighted by Crippen LogP contribution is -2.55. The Morgan fingerprint density at radius 1 is 1.03 bits per heavy atom. The maximum Gasteiger partial charge on any atom is 0.685 e. The lowest BCUT2D eigenvalue weighted by molar-refractivity contribution is -0.152. The summed E-state index contributed by atoms with van der Waals surface area (Å²) in [5.74, 6) is -1.23. The van der Waals surface area contributed by atoms with Crippen LogP contribution in [0.4, 0.5) is 0 Å². The molecule has 9 nitrogen and oxygen atoms in total. The Kier molecular flexibility index (Phi) is 11.4. The van der Waals surface area contributed by atoms with Gasteiger partial charge in [-0.1, -0.05) is 6.58 Å². The number of rotatable bonds is 11. The molecule has 0 amide bonds. The summed E-state index contributed by atoms with van der Waals surface area (Å²) in [5, 5.41) is 0. The fraction of sp³-hybridized carbons (Fsp3) is 0.611. The van der Waals surface area contributed by atoms with Crippen LogP contribution in [0.3, 0.4) is 0 Å². The van der Waals surface area contributed by atoms with E-state index in [-0.39, 0.29) is 13.0 Å². The minimum Gasteiger partial charge on any atom is -0.510 e. The van der Waals surface area contributed by atoms with Crippen LogP contribution < -0.4 is 0 Å². The van der Waals surface area contributed by atoms with Gasteiger partial charge in [0, 0.05) is 18.9 Å². The SMILES string of the molecule is C=C(C)C(=O)OCCCCC(=O)O[Si](OC(C)=O)(OC(=O)C(C)(C)C)[SiH]=COC. The van der Waals surface area contributed by atoms with Crippen LogP contribution in [0.5, 0.6) is 0 Å². The van der Waals surface area contributed by atoms with Gasteiger partial charge in [0.25, 0.3) is 11.9 Å². The van der Waals surface area contributed by atoms with Crippen LogP contribution in [0.15, 0.2) is 12.2 Å². The number of carbonyl (C=O) groups excluding carboxylic acids is 4. The zero-order valence-corrected chi connectivity index (χ0v) is 20.0. The number of carbonyl (C=O) groups is 4. The van der Waals surface area contributed by atoms with Crippen LogP contribution in [0.2, 0.25) is 0 Å². The van der Waals surface area contributed by atoms with E-state index in [0.29, 0.717) is 18.4 Å². The minimum absolute atomic E-state index is 0.0277. The first kappa shape index (κ1) is 26.7. The minimum atomic E-state index is -3.96. The Bertz CT molecular complexity index is 652. The molecular weight excluding hydrogens is 416 g/mol. The zero-order chi connectivity index (χ0) is 22.7. The number of hydrogen-bond donors (Lipinski definition) is 0. The van der Waals surface area contributed by atoms with Crippen molar-refractivity contribution >= 4 is 46.7 Å². The third-order valence-corrected chi connectivity index (χ3v) is 8.22. The highest BCUT2D eigenvalue weighted by molar-refractivity contribution is 7.16. The molecule has 0 fully saturated rings. The van der Waals surface area contributed by atoms with Crippen molar-refractivity contribution in [2.75, 3.05) is 13.7 Å². The van der Waals surface area contributed by atoms with Gasteiger partial charge >= 0.3 is 20.3 Å². The molecule has 0 heterocycles. The fourth-order valence-corrected chi connectivity index (χ4v) is 6.42. The first-order chi connectivity index (χ1) is 13.3. The molecule has 0 aromatic carbocycles. The summed E-state index contributed by atoms with van der Waals surface area (Å²) >= 11 is 0. The van der Waals surface area contributed by atoms with Crippen molar-refractivity contribution in [1.29, 1.82) is 0 Å². The molecule has 0 N–H and O–H groups in total. The van der Waals surface area contributed by atoms with Crippen molar-refractivity contribution in [3.63, 3.8) is 0 Å². The summed E-state index contributed by atoms with van der Waals surface area (Å²) in [6, 6.07) is 0. The highest BCUT2D eigenvalue weighted by Gasteiger charge is 2.51. The molecule has 11 heteroatoms. The number of esters is 1. The molecule has 0 aromatic heterocycles. The molecule has 1 unspecified atom stereocenters. The normalized spacial score (nSPS) is 13.2. The number of unbranched alkanes of at least 4 members (excludes halogenated alkanes) is 1. The molecule has 0 saturated heterocycles. The van der Waals surface area contributed by atoms with Crippen LogP contribution in [-0.2, 0) is 41.9 Å². The quantitative estimate of drug-likeness (QED) is 0.200. The molecule has 164 valence electrons. The Balaban J connectivity index is 5.08. The van der Waals surface area contributed by atoms with Gasteiger partial charge in [0.1, 0.15) is 0 Å². The monoisotopic (exact) mass is 446 g/mol. The summed E-state index contributed by atoms with van der Waals surface area (Å²) in [6.45, 7) is 11.2. The standard InChI is InChI=1S/C18H30O9Si2/c1-13(2)16(21)24-11-9-8-10-15(20)26-29(25-14(3)19,28-12-23-7)27-17(22)18(4,5)6/h12,28H,1,8-11H2,2-7H3. The van der Waals surface area contributed by atoms with E-state index in [2.05, 4.69) is 6.58 Å². The number of hydrogen-bond acceptors (Lipinski definition) is 9. The predicted octanol–water partition coefficient (Wildman–Crippen LogP) is 1.25. The zero-order valence-electron chi connectivity index (χ0n) is 17.9. The maximum atomic E-state index is 12.4. The molecule has 0 aliphatic carbocycles. The first-order valence-electron chi connectivity index (χ1n) is 9.01. The summed E-state index contributed by atoms with van der Waals surface area (Å²) in [6.07, 6.45) is 0.762. The average Bonchev–Trinajstić information content (AvgIpc) is 2.57. The largest absolute Gasteiger partial charge is 0.685 e. The van der Waals surface area contributed by atoms with Crippen molar-refractivity contribution in [1.82, 2.24) is 0 Å². The Morgan fingerprint density at radius 2 is 1.66 bits per heavy atom. The Hall–Kier alpha value is -2.28. The number of ether oxygens (including phenoxy) is 2. The van der Waals surface area contributed by atoms with E-state index in [0.717, 1.165) is 6.92 Å². The van der Waals surface area contributed by atoms with E-state index < -0.39 is 46.3 Å². The summed E-state index contributed by atoms with van der Waals surface area (Å²) in [4.78, 5) is 47.5. The second-order valence-corrected chi connectivity index (χ2v) is 12.8. The van der Waals surface area contributed by atoms with Crippen molar-refractivity contribution in [3.8, 4) is 0 Å². The van der Waals surface area contributed by atoms with Crippen molar-refractivity contribution in [2.45, 2.75) is 53.9 Å². The second-order valence-electron chi connectivity index (χ2n) is 7.22. The van der Waals surface area contributed by atoms with Gasteiger partial charge < -0.3 is 22.8 Å². The molecule has 0 saturated carbocycles. The van der Waals surface area contributed by atoms with Gasteiger partial charge in [-0.2, -0.15) is 0 Å². The third kappa shape index (κ3) is 11.3. The van der Waals surface area contributed by atoms with E-state index in [1.165, 1.54) is 19.9 Å². The van der Waals surface area contributed by atoms with E-state index in [9.17, 15) is 19.2 Å². The molecule has 0 aliphatic heterocycles. The van der Waals surface area contributed by atoms with E-state index in [4.69, 9.17) is 22.8 Å². The van der Waals surface area contributed by atoms with Gasteiger partial charge in [0.15, 0.2) is 8.65 Å². The van der Waals surface area contributed by atoms with E-state index >= 15 is 0 Å². The second kappa shape index (κ2) is 12.3. The number of methoxy groups -OCH3 is 1. The highest BCUT2D eigenvalue weighted by atomic mass is 29.2. The van der Waals surface area contributed by atoms with Crippen molar-refractivity contribution in [2.24, 2.45) is 5.41 Å².